The van der Waals surface area contributed by atoms with Crippen LogP contribution < -0.4 is 5.32 Å². The highest BCUT2D eigenvalue weighted by molar-refractivity contribution is 5.87. The predicted molar refractivity (Wildman–Crippen MR) is 127 cm³/mol. The molecule has 34 heavy (non-hydrogen) atoms. The van der Waals surface area contributed by atoms with Crippen molar-refractivity contribution in [3.8, 4) is 11.1 Å². The topological polar surface area (TPSA) is 116 Å². The minimum atomic E-state index is -1.09. The molecule has 3 N–H and O–H groups in total. The van der Waals surface area contributed by atoms with Gasteiger partial charge in [0.05, 0.1) is 12.1 Å². The number of nitrogens with one attached hydrogen (secondary N) is 1. The van der Waals surface area contributed by atoms with Crippen molar-refractivity contribution in [2.24, 2.45) is 0 Å². The van der Waals surface area contributed by atoms with Gasteiger partial charge in [0.15, 0.2) is 0 Å². The van der Waals surface area contributed by atoms with E-state index in [0.717, 1.165) is 22.3 Å². The Kier molecular flexibility index (Phi) is 7.94. The maximum Gasteiger partial charge on any atom is 0.407 e. The summed E-state index contributed by atoms with van der Waals surface area (Å²) in [6.07, 6.45) is -1.17. The Morgan fingerprint density at radius 2 is 1.62 bits per heavy atom. The van der Waals surface area contributed by atoms with Gasteiger partial charge in [0.25, 0.3) is 0 Å². The molecule has 2 amide bonds. The zero-order chi connectivity index (χ0) is 24.9. The summed E-state index contributed by atoms with van der Waals surface area (Å²) >= 11 is 0. The number of nitrogens with zero attached hydrogens (tertiary/aromatic N) is 1. The third-order valence-corrected chi connectivity index (χ3v) is 6.28. The average Bonchev–Trinajstić information content (AvgIpc) is 3.14. The number of alkyl carbamates (subject to hydrolysis) is 1. The molecule has 2 aromatic carbocycles. The van der Waals surface area contributed by atoms with Gasteiger partial charge in [0.2, 0.25) is 5.91 Å². The maximum atomic E-state index is 13.2. The monoisotopic (exact) mass is 468 g/mol. The molecule has 0 saturated heterocycles. The minimum Gasteiger partial charge on any atom is -0.481 e. The van der Waals surface area contributed by atoms with Gasteiger partial charge in [-0.2, -0.15) is 0 Å². The largest absolute Gasteiger partial charge is 0.481 e. The van der Waals surface area contributed by atoms with E-state index in [4.69, 9.17) is 9.84 Å². The number of hydrogen-bond acceptors (Lipinski definition) is 5. The van der Waals surface area contributed by atoms with E-state index in [2.05, 4.69) is 5.32 Å². The van der Waals surface area contributed by atoms with Gasteiger partial charge in [-0.05, 0) is 49.4 Å². The lowest BCUT2D eigenvalue weighted by atomic mass is 9.98. The van der Waals surface area contributed by atoms with Crippen molar-refractivity contribution in [2.75, 3.05) is 19.8 Å². The predicted octanol–water partition coefficient (Wildman–Crippen LogP) is 3.38. The molecule has 0 aromatic heterocycles. The van der Waals surface area contributed by atoms with E-state index in [-0.39, 0.29) is 32.0 Å². The van der Waals surface area contributed by atoms with Crippen LogP contribution in [0.15, 0.2) is 48.5 Å². The highest BCUT2D eigenvalue weighted by Gasteiger charge is 2.35. The van der Waals surface area contributed by atoms with Crippen LogP contribution in [0.3, 0.4) is 0 Å². The van der Waals surface area contributed by atoms with E-state index in [1.54, 1.807) is 20.8 Å². The summed E-state index contributed by atoms with van der Waals surface area (Å²) < 4.78 is 5.53. The minimum absolute atomic E-state index is 0.0827. The molecule has 8 heteroatoms. The zero-order valence-electron chi connectivity index (χ0n) is 19.8. The number of aliphatic carboxylic acids is 1. The number of rotatable bonds is 10. The molecule has 0 radical (unpaired) electrons. The molecule has 0 bridgehead atoms. The standard InChI is InChI=1S/C26H32N2O6/c1-4-28(26(2,3)16-29)24(32)22(13-14-23(30)31)27-25(33)34-15-21-19-11-7-5-9-17(19)18-10-6-8-12-20(18)21/h5-12,21-22,29H,4,13-16H2,1-3H3,(H,27,33)(H,30,31). The molecule has 0 saturated carbocycles. The summed E-state index contributed by atoms with van der Waals surface area (Å²) in [7, 11) is 0. The molecular weight excluding hydrogens is 436 g/mol. The summed E-state index contributed by atoms with van der Waals surface area (Å²) in [5, 5.41) is 21.4. The normalized spacial score (nSPS) is 13.5. The number of aliphatic hydroxyl groups is 1. The Morgan fingerprint density at radius 3 is 2.12 bits per heavy atom. The van der Waals surface area contributed by atoms with Crippen molar-refractivity contribution in [3.63, 3.8) is 0 Å². The van der Waals surface area contributed by atoms with E-state index >= 15 is 0 Å². The fourth-order valence-corrected chi connectivity index (χ4v) is 4.46. The molecule has 1 aliphatic rings. The quantitative estimate of drug-likeness (QED) is 0.492. The zero-order valence-corrected chi connectivity index (χ0v) is 19.8. The van der Waals surface area contributed by atoms with Gasteiger partial charge in [0, 0.05) is 18.9 Å². The van der Waals surface area contributed by atoms with Crippen LogP contribution in [0.25, 0.3) is 11.1 Å². The number of carboxylic acid groups (broad SMARTS) is 1. The lowest BCUT2D eigenvalue weighted by molar-refractivity contribution is -0.141. The molecular formula is C26H32N2O6. The third kappa shape index (κ3) is 5.39. The van der Waals surface area contributed by atoms with Crippen LogP contribution in [0.2, 0.25) is 0 Å². The Bertz CT molecular complexity index is 1010. The summed E-state index contributed by atoms with van der Waals surface area (Å²) in [5.41, 5.74) is 3.47. The SMILES string of the molecule is CCN(C(=O)C(CCC(=O)O)NC(=O)OCC1c2ccccc2-c2ccccc21)C(C)(C)CO. The summed E-state index contributed by atoms with van der Waals surface area (Å²) in [5.74, 6) is -1.67. The lowest BCUT2D eigenvalue weighted by Gasteiger charge is -2.38. The number of amides is 2. The molecule has 0 aliphatic heterocycles. The van der Waals surface area contributed by atoms with Gasteiger partial charge in [-0.3, -0.25) is 9.59 Å². The van der Waals surface area contributed by atoms with E-state index in [9.17, 15) is 19.5 Å². The Hall–Kier alpha value is -3.39. The number of aliphatic hydroxyl groups excluding tert-OH is 1. The van der Waals surface area contributed by atoms with Crippen LogP contribution in [0.5, 0.6) is 0 Å². The third-order valence-electron chi connectivity index (χ3n) is 6.28. The molecule has 3 rings (SSSR count). The first-order chi connectivity index (χ1) is 16.2. The number of fused-ring (bicyclic) bond motifs is 3. The number of hydrogen-bond donors (Lipinski definition) is 3. The van der Waals surface area contributed by atoms with Crippen molar-refractivity contribution < 1.29 is 29.3 Å². The van der Waals surface area contributed by atoms with Crippen molar-refractivity contribution >= 4 is 18.0 Å². The molecule has 0 fully saturated rings. The highest BCUT2D eigenvalue weighted by atomic mass is 16.5. The number of likely N-dealkylation sites (N-methyl/N-ethyl adjacent to an activating group) is 1. The molecule has 1 unspecified atom stereocenters. The van der Waals surface area contributed by atoms with E-state index < -0.39 is 29.6 Å². The van der Waals surface area contributed by atoms with Crippen molar-refractivity contribution in [3.05, 3.63) is 59.7 Å². The number of carbonyl (C=O) groups excluding carboxylic acids is 2. The Labute approximate surface area is 199 Å². The molecule has 0 heterocycles. The van der Waals surface area contributed by atoms with Crippen LogP contribution in [0.1, 0.15) is 50.7 Å². The number of carbonyl (C=O) groups is 3. The molecule has 1 atom stereocenters. The van der Waals surface area contributed by atoms with Crippen molar-refractivity contribution in [1.82, 2.24) is 10.2 Å². The van der Waals surface area contributed by atoms with Gasteiger partial charge in [-0.25, -0.2) is 4.79 Å². The maximum absolute atomic E-state index is 13.2. The smallest absolute Gasteiger partial charge is 0.407 e. The Balaban J connectivity index is 1.72. The van der Waals surface area contributed by atoms with E-state index in [1.807, 2.05) is 48.5 Å². The Morgan fingerprint density at radius 1 is 1.06 bits per heavy atom. The average molecular weight is 469 g/mol. The van der Waals surface area contributed by atoms with Crippen LogP contribution in [0, 0.1) is 0 Å². The highest BCUT2D eigenvalue weighted by Crippen LogP contribution is 2.44. The molecule has 8 nitrogen and oxygen atoms in total. The molecule has 2 aromatic rings. The fraction of sp³-hybridized carbons (Fsp3) is 0.423. The van der Waals surface area contributed by atoms with Crippen LogP contribution >= 0.6 is 0 Å². The van der Waals surface area contributed by atoms with Gasteiger partial charge >= 0.3 is 12.1 Å². The second kappa shape index (κ2) is 10.7. The number of carboxylic acids is 1. The van der Waals surface area contributed by atoms with E-state index in [0.29, 0.717) is 6.54 Å². The number of ether oxygens (including phenoxy) is 1. The second-order valence-electron chi connectivity index (χ2n) is 9.01. The number of benzene rings is 2. The first kappa shape index (κ1) is 25.2. The first-order valence-corrected chi connectivity index (χ1v) is 11.4. The van der Waals surface area contributed by atoms with E-state index in [1.165, 1.54) is 4.90 Å². The van der Waals surface area contributed by atoms with Crippen LogP contribution in [0.4, 0.5) is 4.79 Å². The molecule has 0 spiro atoms. The van der Waals surface area contributed by atoms with Crippen LogP contribution in [-0.2, 0) is 14.3 Å². The molecule has 1 aliphatic carbocycles. The van der Waals surface area contributed by atoms with Crippen molar-refractivity contribution in [1.29, 1.82) is 0 Å². The summed E-state index contributed by atoms with van der Waals surface area (Å²) in [4.78, 5) is 38.4. The lowest BCUT2D eigenvalue weighted by Crippen LogP contribution is -2.57. The second-order valence-corrected chi connectivity index (χ2v) is 9.01. The summed E-state index contributed by atoms with van der Waals surface area (Å²) in [6, 6.07) is 14.8. The fourth-order valence-electron chi connectivity index (χ4n) is 4.46. The first-order valence-electron chi connectivity index (χ1n) is 11.4. The van der Waals surface area contributed by atoms with Gasteiger partial charge in [-0.15, -0.1) is 0 Å². The molecule has 182 valence electrons. The van der Waals surface area contributed by atoms with Gasteiger partial charge in [0.1, 0.15) is 12.6 Å². The van der Waals surface area contributed by atoms with Crippen LogP contribution in [-0.4, -0.2) is 64.4 Å². The van der Waals surface area contributed by atoms with Gasteiger partial charge in [-0.1, -0.05) is 48.5 Å². The van der Waals surface area contributed by atoms with Crippen molar-refractivity contribution in [2.45, 2.75) is 51.1 Å². The summed E-state index contributed by atoms with van der Waals surface area (Å²) in [6.45, 7) is 5.27. The van der Waals surface area contributed by atoms with Gasteiger partial charge < -0.3 is 25.2 Å².